The highest BCUT2D eigenvalue weighted by atomic mass is 127. The van der Waals surface area contributed by atoms with E-state index < -0.39 is 5.97 Å². The number of rotatable bonds is 5. The number of benzene rings is 2. The Balaban J connectivity index is 1.85. The predicted octanol–water partition coefficient (Wildman–Crippen LogP) is 4.50. The molecule has 0 spiro atoms. The van der Waals surface area contributed by atoms with Crippen LogP contribution in [-0.4, -0.2) is 18.8 Å². The first-order chi connectivity index (χ1) is 12.5. The molecule has 0 amide bonds. The second-order valence-electron chi connectivity index (χ2n) is 5.92. The molecule has 0 aliphatic carbocycles. The topological polar surface area (TPSA) is 57.1 Å². The van der Waals surface area contributed by atoms with E-state index in [1.807, 2.05) is 24.3 Å². The van der Waals surface area contributed by atoms with E-state index in [-0.39, 0.29) is 0 Å². The molecule has 134 valence electrons. The number of carbonyl (C=O) groups excluding carboxylic acids is 1. The second-order valence-corrected chi connectivity index (χ2v) is 7.08. The molecule has 1 aliphatic heterocycles. The highest BCUT2D eigenvalue weighted by Gasteiger charge is 2.22. The lowest BCUT2D eigenvalue weighted by molar-refractivity contribution is -0.136. The summed E-state index contributed by atoms with van der Waals surface area (Å²) in [5.74, 6) is 0.836. The van der Waals surface area contributed by atoms with Gasteiger partial charge in [-0.25, -0.2) is 4.79 Å². The van der Waals surface area contributed by atoms with Crippen LogP contribution >= 0.6 is 22.6 Å². The van der Waals surface area contributed by atoms with Crippen LogP contribution in [0.2, 0.25) is 0 Å². The number of oxime groups is 1. The van der Waals surface area contributed by atoms with Crippen LogP contribution < -0.4 is 9.47 Å². The van der Waals surface area contributed by atoms with E-state index in [0.717, 1.165) is 14.7 Å². The SMILES string of the molecule is COc1cc(/C=C2/C(=O)ON=C2C)cc(I)c1OCc1ccc(C)cc1. The van der Waals surface area contributed by atoms with E-state index in [1.165, 1.54) is 5.56 Å². The van der Waals surface area contributed by atoms with Crippen LogP contribution in [0.5, 0.6) is 11.5 Å². The van der Waals surface area contributed by atoms with E-state index in [4.69, 9.17) is 9.47 Å². The fourth-order valence-corrected chi connectivity index (χ4v) is 3.27. The summed E-state index contributed by atoms with van der Waals surface area (Å²) in [4.78, 5) is 16.4. The van der Waals surface area contributed by atoms with E-state index in [1.54, 1.807) is 20.1 Å². The summed E-state index contributed by atoms with van der Waals surface area (Å²) in [5, 5.41) is 3.69. The molecule has 0 bridgehead atoms. The minimum Gasteiger partial charge on any atom is -0.493 e. The standard InChI is InChI=1S/C20H18INO4/c1-12-4-6-14(7-5-12)11-25-19-17(21)9-15(10-18(19)24-3)8-16-13(2)22-26-20(16)23/h4-10H,11H2,1-3H3/b16-8+. The van der Waals surface area contributed by atoms with Gasteiger partial charge >= 0.3 is 5.97 Å². The van der Waals surface area contributed by atoms with Gasteiger partial charge in [0.05, 0.1) is 22.0 Å². The Morgan fingerprint density at radius 2 is 1.92 bits per heavy atom. The lowest BCUT2D eigenvalue weighted by Crippen LogP contribution is -2.03. The second kappa shape index (κ2) is 7.90. The van der Waals surface area contributed by atoms with Crippen molar-refractivity contribution in [2.75, 3.05) is 7.11 Å². The van der Waals surface area contributed by atoms with Crippen molar-refractivity contribution in [2.45, 2.75) is 20.5 Å². The Hall–Kier alpha value is -2.35. The normalized spacial score (nSPS) is 15.0. The van der Waals surface area contributed by atoms with Crippen molar-refractivity contribution < 1.29 is 19.1 Å². The van der Waals surface area contributed by atoms with Gasteiger partial charge in [0.1, 0.15) is 6.61 Å². The first kappa shape index (κ1) is 18.4. The molecule has 0 N–H and O–H groups in total. The van der Waals surface area contributed by atoms with Crippen LogP contribution in [0.1, 0.15) is 23.6 Å². The Morgan fingerprint density at radius 1 is 1.19 bits per heavy atom. The molecule has 0 fully saturated rings. The van der Waals surface area contributed by atoms with Crippen molar-refractivity contribution in [2.24, 2.45) is 5.16 Å². The largest absolute Gasteiger partial charge is 0.493 e. The first-order valence-electron chi connectivity index (χ1n) is 8.02. The maximum atomic E-state index is 11.7. The van der Waals surface area contributed by atoms with Crippen molar-refractivity contribution >= 4 is 40.3 Å². The van der Waals surface area contributed by atoms with Gasteiger partial charge in [-0.2, -0.15) is 0 Å². The molecule has 1 heterocycles. The number of halogens is 1. The third-order valence-electron chi connectivity index (χ3n) is 3.94. The van der Waals surface area contributed by atoms with Crippen molar-refractivity contribution in [3.05, 3.63) is 62.2 Å². The molecule has 1 aliphatic rings. The summed E-state index contributed by atoms with van der Waals surface area (Å²) in [5.41, 5.74) is 4.11. The van der Waals surface area contributed by atoms with Gasteiger partial charge in [-0.1, -0.05) is 35.0 Å². The van der Waals surface area contributed by atoms with E-state index in [0.29, 0.717) is 29.4 Å². The average Bonchev–Trinajstić information content (AvgIpc) is 2.94. The summed E-state index contributed by atoms with van der Waals surface area (Å²) in [7, 11) is 1.59. The molecule has 5 nitrogen and oxygen atoms in total. The molecule has 0 saturated carbocycles. The number of methoxy groups -OCH3 is 1. The van der Waals surface area contributed by atoms with Crippen LogP contribution in [0.15, 0.2) is 47.1 Å². The summed E-state index contributed by atoms with van der Waals surface area (Å²) in [6.07, 6.45) is 1.74. The fourth-order valence-electron chi connectivity index (χ4n) is 2.49. The molecule has 0 unspecified atom stereocenters. The molecular weight excluding hydrogens is 445 g/mol. The van der Waals surface area contributed by atoms with Crippen LogP contribution in [0.3, 0.4) is 0 Å². The molecule has 2 aromatic carbocycles. The van der Waals surface area contributed by atoms with Gasteiger partial charge in [0, 0.05) is 0 Å². The van der Waals surface area contributed by atoms with Crippen LogP contribution in [0.4, 0.5) is 0 Å². The van der Waals surface area contributed by atoms with Crippen molar-refractivity contribution in [1.29, 1.82) is 0 Å². The molecule has 6 heteroatoms. The maximum absolute atomic E-state index is 11.7. The zero-order valence-corrected chi connectivity index (χ0v) is 16.9. The number of aryl methyl sites for hydroxylation is 1. The van der Waals surface area contributed by atoms with Crippen LogP contribution in [0.25, 0.3) is 6.08 Å². The molecule has 0 aromatic heterocycles. The number of nitrogens with zero attached hydrogens (tertiary/aromatic N) is 1. The maximum Gasteiger partial charge on any atom is 0.367 e. The Labute approximate surface area is 165 Å². The molecule has 0 saturated heterocycles. The van der Waals surface area contributed by atoms with Crippen LogP contribution in [0, 0.1) is 10.5 Å². The third kappa shape index (κ3) is 4.07. The minimum absolute atomic E-state index is 0.441. The molecule has 26 heavy (non-hydrogen) atoms. The molecule has 3 rings (SSSR count). The fraction of sp³-hybridized carbons (Fsp3) is 0.200. The summed E-state index contributed by atoms with van der Waals surface area (Å²) in [6.45, 7) is 4.24. The van der Waals surface area contributed by atoms with E-state index in [2.05, 4.69) is 51.6 Å². The zero-order chi connectivity index (χ0) is 18.7. The predicted molar refractivity (Wildman–Crippen MR) is 108 cm³/mol. The van der Waals surface area contributed by atoms with Gasteiger partial charge < -0.3 is 14.3 Å². The zero-order valence-electron chi connectivity index (χ0n) is 14.7. The Kier molecular flexibility index (Phi) is 5.61. The van der Waals surface area contributed by atoms with Crippen molar-refractivity contribution in [3.8, 4) is 11.5 Å². The smallest absolute Gasteiger partial charge is 0.367 e. The van der Waals surface area contributed by atoms with Crippen LogP contribution in [-0.2, 0) is 16.2 Å². The van der Waals surface area contributed by atoms with Gasteiger partial charge in [-0.3, -0.25) is 0 Å². The monoisotopic (exact) mass is 463 g/mol. The third-order valence-corrected chi connectivity index (χ3v) is 4.74. The molecule has 0 atom stereocenters. The molecular formula is C20H18INO4. The Bertz CT molecular complexity index is 901. The highest BCUT2D eigenvalue weighted by molar-refractivity contribution is 14.1. The van der Waals surface area contributed by atoms with Gasteiger partial charge in [0.15, 0.2) is 11.5 Å². The quantitative estimate of drug-likeness (QED) is 0.372. The molecule has 0 radical (unpaired) electrons. The summed E-state index contributed by atoms with van der Waals surface area (Å²) in [6, 6.07) is 12.0. The van der Waals surface area contributed by atoms with Crippen molar-refractivity contribution in [3.63, 3.8) is 0 Å². The summed E-state index contributed by atoms with van der Waals surface area (Å²) < 4.78 is 12.4. The van der Waals surface area contributed by atoms with Gasteiger partial charge in [-0.05, 0) is 65.8 Å². The first-order valence-corrected chi connectivity index (χ1v) is 9.09. The van der Waals surface area contributed by atoms with E-state index in [9.17, 15) is 4.79 Å². The number of carbonyl (C=O) groups is 1. The van der Waals surface area contributed by atoms with Crippen molar-refractivity contribution in [1.82, 2.24) is 0 Å². The molecule has 2 aromatic rings. The number of hydrogen-bond donors (Lipinski definition) is 0. The summed E-state index contributed by atoms with van der Waals surface area (Å²) >= 11 is 2.20. The minimum atomic E-state index is -0.448. The average molecular weight is 463 g/mol. The lowest BCUT2D eigenvalue weighted by atomic mass is 10.1. The van der Waals surface area contributed by atoms with Gasteiger partial charge in [0.2, 0.25) is 0 Å². The number of ether oxygens (including phenoxy) is 2. The van der Waals surface area contributed by atoms with Gasteiger partial charge in [0.25, 0.3) is 0 Å². The Morgan fingerprint density at radius 3 is 2.54 bits per heavy atom. The van der Waals surface area contributed by atoms with Gasteiger partial charge in [-0.15, -0.1) is 0 Å². The lowest BCUT2D eigenvalue weighted by Gasteiger charge is -2.14. The van der Waals surface area contributed by atoms with E-state index >= 15 is 0 Å². The number of hydrogen-bond acceptors (Lipinski definition) is 5. The highest BCUT2D eigenvalue weighted by Crippen LogP contribution is 2.35.